The Labute approximate surface area is 110 Å². The Hall–Kier alpha value is -0.480. The van der Waals surface area contributed by atoms with Gasteiger partial charge >= 0.3 is 0 Å². The first-order valence-electron chi connectivity index (χ1n) is 5.48. The molecule has 2 rings (SSSR count). The third-order valence-corrected chi connectivity index (χ3v) is 3.22. The van der Waals surface area contributed by atoms with Gasteiger partial charge in [-0.25, -0.2) is 0 Å². The van der Waals surface area contributed by atoms with Crippen molar-refractivity contribution in [2.45, 2.75) is 31.8 Å². The highest BCUT2D eigenvalue weighted by Crippen LogP contribution is 2.46. The summed E-state index contributed by atoms with van der Waals surface area (Å²) in [5, 5.41) is 10.4. The van der Waals surface area contributed by atoms with Crippen LogP contribution in [0.25, 0.3) is 0 Å². The summed E-state index contributed by atoms with van der Waals surface area (Å²) < 4.78 is 11.3. The van der Waals surface area contributed by atoms with E-state index in [-0.39, 0.29) is 12.0 Å². The molecule has 0 aliphatic carbocycles. The normalized spacial score (nSPS) is 27.8. The second kappa shape index (κ2) is 5.02. The SMILES string of the molecule is CC1OC(CCCCl)(c2cc(Cl)ccc2O)O1. The molecule has 0 saturated carbocycles. The Morgan fingerprint density at radius 3 is 2.71 bits per heavy atom. The van der Waals surface area contributed by atoms with Crippen LogP contribution in [-0.4, -0.2) is 17.3 Å². The van der Waals surface area contributed by atoms with Crippen molar-refractivity contribution >= 4 is 23.2 Å². The highest BCUT2D eigenvalue weighted by molar-refractivity contribution is 6.30. The van der Waals surface area contributed by atoms with Crippen LogP contribution in [-0.2, 0) is 15.3 Å². The maximum Gasteiger partial charge on any atom is 0.204 e. The summed E-state index contributed by atoms with van der Waals surface area (Å²) in [6.45, 7) is 1.81. The van der Waals surface area contributed by atoms with Gasteiger partial charge in [0.1, 0.15) is 5.75 Å². The van der Waals surface area contributed by atoms with Crippen molar-refractivity contribution < 1.29 is 14.6 Å². The number of halogens is 2. The molecule has 17 heavy (non-hydrogen) atoms. The second-order valence-electron chi connectivity index (χ2n) is 4.01. The van der Waals surface area contributed by atoms with E-state index in [0.29, 0.717) is 22.9 Å². The second-order valence-corrected chi connectivity index (χ2v) is 4.82. The lowest BCUT2D eigenvalue weighted by molar-refractivity contribution is -0.458. The molecule has 0 radical (unpaired) electrons. The van der Waals surface area contributed by atoms with Gasteiger partial charge in [-0.05, 0) is 31.5 Å². The third kappa shape index (κ3) is 2.52. The molecule has 1 aliphatic rings. The molecule has 0 atom stereocenters. The van der Waals surface area contributed by atoms with Gasteiger partial charge in [-0.3, -0.25) is 0 Å². The fourth-order valence-corrected chi connectivity index (χ4v) is 2.34. The fraction of sp³-hybridized carbons (Fsp3) is 0.500. The number of phenols is 1. The van der Waals surface area contributed by atoms with Crippen LogP contribution in [0.2, 0.25) is 5.02 Å². The van der Waals surface area contributed by atoms with E-state index in [9.17, 15) is 5.11 Å². The van der Waals surface area contributed by atoms with Crippen molar-refractivity contribution in [2.75, 3.05) is 5.88 Å². The predicted octanol–water partition coefficient (Wildman–Crippen LogP) is 3.61. The summed E-state index contributed by atoms with van der Waals surface area (Å²) in [7, 11) is 0. The van der Waals surface area contributed by atoms with Crippen LogP contribution in [0.5, 0.6) is 5.75 Å². The molecule has 0 spiro atoms. The summed E-state index contributed by atoms with van der Waals surface area (Å²) in [6.07, 6.45) is 1.05. The zero-order valence-corrected chi connectivity index (χ0v) is 11.0. The summed E-state index contributed by atoms with van der Waals surface area (Å²) in [6, 6.07) is 4.82. The van der Waals surface area contributed by atoms with Gasteiger partial charge in [0.25, 0.3) is 0 Å². The molecule has 1 saturated heterocycles. The topological polar surface area (TPSA) is 38.7 Å². The van der Waals surface area contributed by atoms with Crippen molar-refractivity contribution in [3.8, 4) is 5.75 Å². The molecule has 0 bridgehead atoms. The first-order chi connectivity index (χ1) is 8.07. The van der Waals surface area contributed by atoms with Crippen molar-refractivity contribution in [1.29, 1.82) is 0 Å². The Morgan fingerprint density at radius 1 is 1.41 bits per heavy atom. The molecule has 5 heteroatoms. The lowest BCUT2D eigenvalue weighted by Gasteiger charge is -2.46. The minimum absolute atomic E-state index is 0.121. The lowest BCUT2D eigenvalue weighted by Crippen LogP contribution is -2.49. The first kappa shape index (κ1) is 13.0. The van der Waals surface area contributed by atoms with Gasteiger partial charge in [-0.2, -0.15) is 0 Å². The summed E-state index contributed by atoms with van der Waals surface area (Å²) in [4.78, 5) is 0. The summed E-state index contributed by atoms with van der Waals surface area (Å²) in [5.41, 5.74) is 0.563. The van der Waals surface area contributed by atoms with Gasteiger partial charge in [-0.15, -0.1) is 11.6 Å². The van der Waals surface area contributed by atoms with Gasteiger partial charge in [0.15, 0.2) is 6.29 Å². The molecule has 0 aromatic heterocycles. The maximum absolute atomic E-state index is 9.87. The van der Waals surface area contributed by atoms with E-state index in [2.05, 4.69) is 0 Å². The molecular formula is C12H14Cl2O3. The van der Waals surface area contributed by atoms with E-state index < -0.39 is 5.79 Å². The van der Waals surface area contributed by atoms with Gasteiger partial charge in [-0.1, -0.05) is 11.6 Å². The number of alkyl halides is 1. The zero-order valence-electron chi connectivity index (χ0n) is 9.45. The van der Waals surface area contributed by atoms with Crippen LogP contribution < -0.4 is 0 Å². The number of phenolic OH excluding ortho intramolecular Hbond substituents is 1. The van der Waals surface area contributed by atoms with Crippen LogP contribution in [0.3, 0.4) is 0 Å². The lowest BCUT2D eigenvalue weighted by atomic mass is 9.98. The number of benzene rings is 1. The zero-order chi connectivity index (χ0) is 12.5. The summed E-state index contributed by atoms with van der Waals surface area (Å²) in [5.74, 6) is -0.260. The van der Waals surface area contributed by atoms with E-state index in [1.807, 2.05) is 0 Å². The maximum atomic E-state index is 9.87. The fourth-order valence-electron chi connectivity index (χ4n) is 2.04. The molecule has 3 nitrogen and oxygen atoms in total. The number of ether oxygens (including phenoxy) is 2. The van der Waals surface area contributed by atoms with E-state index >= 15 is 0 Å². The van der Waals surface area contributed by atoms with E-state index in [1.54, 1.807) is 19.1 Å². The number of hydrogen-bond acceptors (Lipinski definition) is 3. The monoisotopic (exact) mass is 276 g/mol. The molecule has 1 aliphatic heterocycles. The molecular weight excluding hydrogens is 263 g/mol. The molecule has 1 N–H and O–H groups in total. The Morgan fingerprint density at radius 2 is 2.12 bits per heavy atom. The Balaban J connectivity index is 2.29. The largest absolute Gasteiger partial charge is 0.507 e. The van der Waals surface area contributed by atoms with E-state index in [1.165, 1.54) is 6.07 Å². The summed E-state index contributed by atoms with van der Waals surface area (Å²) >= 11 is 11.6. The number of rotatable bonds is 4. The van der Waals surface area contributed by atoms with Gasteiger partial charge in [0.05, 0.1) is 5.56 Å². The highest BCUT2D eigenvalue weighted by Gasteiger charge is 2.47. The number of aromatic hydroxyl groups is 1. The number of hydrogen-bond donors (Lipinski definition) is 1. The molecule has 94 valence electrons. The first-order valence-corrected chi connectivity index (χ1v) is 6.39. The standard InChI is InChI=1S/C12H14Cl2O3/c1-8-16-12(17-8,5-2-6-13)10-7-9(14)3-4-11(10)15/h3-4,7-8,15H,2,5-6H2,1H3. The third-order valence-electron chi connectivity index (χ3n) is 2.72. The van der Waals surface area contributed by atoms with Crippen LogP contribution in [0, 0.1) is 0 Å². The molecule has 1 aromatic carbocycles. The van der Waals surface area contributed by atoms with Gasteiger partial charge in [0, 0.05) is 17.3 Å². The van der Waals surface area contributed by atoms with E-state index in [4.69, 9.17) is 32.7 Å². The minimum Gasteiger partial charge on any atom is -0.507 e. The van der Waals surface area contributed by atoms with Gasteiger partial charge in [0.2, 0.25) is 5.79 Å². The molecule has 1 fully saturated rings. The molecule has 1 aromatic rings. The van der Waals surface area contributed by atoms with Crippen LogP contribution in [0.1, 0.15) is 25.3 Å². The quantitative estimate of drug-likeness (QED) is 0.854. The minimum atomic E-state index is -0.900. The Kier molecular flexibility index (Phi) is 3.83. The average molecular weight is 277 g/mol. The van der Waals surface area contributed by atoms with Crippen LogP contribution >= 0.6 is 23.2 Å². The van der Waals surface area contributed by atoms with Crippen molar-refractivity contribution in [1.82, 2.24) is 0 Å². The van der Waals surface area contributed by atoms with E-state index in [0.717, 1.165) is 6.42 Å². The van der Waals surface area contributed by atoms with Crippen molar-refractivity contribution in [3.05, 3.63) is 28.8 Å². The molecule has 0 unspecified atom stereocenters. The molecule has 1 heterocycles. The molecule has 0 amide bonds. The highest BCUT2D eigenvalue weighted by atomic mass is 35.5. The van der Waals surface area contributed by atoms with Gasteiger partial charge < -0.3 is 14.6 Å². The average Bonchev–Trinajstić information content (AvgIpc) is 2.26. The predicted molar refractivity (Wildman–Crippen MR) is 66.4 cm³/mol. The van der Waals surface area contributed by atoms with Crippen molar-refractivity contribution in [2.24, 2.45) is 0 Å². The van der Waals surface area contributed by atoms with Crippen molar-refractivity contribution in [3.63, 3.8) is 0 Å². The smallest absolute Gasteiger partial charge is 0.204 e. The Bertz CT molecular complexity index is 403. The van der Waals surface area contributed by atoms with Crippen LogP contribution in [0.4, 0.5) is 0 Å². The van der Waals surface area contributed by atoms with Crippen LogP contribution in [0.15, 0.2) is 18.2 Å².